The number of nitrogens with zero attached hydrogens (tertiary/aromatic N) is 6. The first-order chi connectivity index (χ1) is 18.5. The first kappa shape index (κ1) is 24.8. The van der Waals surface area contributed by atoms with E-state index in [4.69, 9.17) is 0 Å². The fourth-order valence-electron chi connectivity index (χ4n) is 6.30. The second-order valence-electron chi connectivity index (χ2n) is 11.1. The molecule has 1 saturated heterocycles. The van der Waals surface area contributed by atoms with Gasteiger partial charge in [0.25, 0.3) is 5.56 Å². The van der Waals surface area contributed by atoms with Crippen LogP contribution in [0.25, 0.3) is 10.9 Å². The Morgan fingerprint density at radius 3 is 2.53 bits per heavy atom. The molecule has 8 nitrogen and oxygen atoms in total. The summed E-state index contributed by atoms with van der Waals surface area (Å²) in [6.45, 7) is 9.83. The maximum Gasteiger partial charge on any atom is 0.253 e. The van der Waals surface area contributed by atoms with Gasteiger partial charge in [-0.05, 0) is 84.3 Å². The number of benzene rings is 2. The fourth-order valence-corrected chi connectivity index (χ4v) is 6.30. The van der Waals surface area contributed by atoms with Gasteiger partial charge in [-0.15, -0.1) is 5.10 Å². The van der Waals surface area contributed by atoms with Gasteiger partial charge in [0.2, 0.25) is 0 Å². The Labute approximate surface area is 223 Å². The largest absolute Gasteiger partial charge is 0.369 e. The number of fused-ring (bicyclic) bond motifs is 1. The van der Waals surface area contributed by atoms with Crippen molar-refractivity contribution in [3.8, 4) is 0 Å². The number of nitrogens with one attached hydrogen (secondary N) is 1. The Kier molecular flexibility index (Phi) is 6.74. The molecule has 3 heterocycles. The summed E-state index contributed by atoms with van der Waals surface area (Å²) in [5, 5.41) is 14.2. The fraction of sp³-hybridized carbons (Fsp3) is 0.467. The minimum Gasteiger partial charge on any atom is -0.369 e. The Hall–Kier alpha value is -3.52. The predicted octanol–water partition coefficient (Wildman–Crippen LogP) is 4.86. The number of rotatable bonds is 5. The third-order valence-corrected chi connectivity index (χ3v) is 8.60. The van der Waals surface area contributed by atoms with Crippen LogP contribution in [0.2, 0.25) is 0 Å². The molecule has 2 fully saturated rings. The summed E-state index contributed by atoms with van der Waals surface area (Å²) >= 11 is 0. The molecular formula is C30H37N7O. The minimum atomic E-state index is -0.304. The van der Waals surface area contributed by atoms with Crippen molar-refractivity contribution in [2.75, 3.05) is 31.1 Å². The zero-order chi connectivity index (χ0) is 26.2. The van der Waals surface area contributed by atoms with Crippen LogP contribution in [0, 0.1) is 20.8 Å². The normalized spacial score (nSPS) is 18.2. The molecule has 0 unspecified atom stereocenters. The van der Waals surface area contributed by atoms with E-state index < -0.39 is 0 Å². The molecule has 2 aliphatic rings. The maximum atomic E-state index is 13.6. The smallest absolute Gasteiger partial charge is 0.253 e. The van der Waals surface area contributed by atoms with Crippen molar-refractivity contribution in [3.05, 3.63) is 80.9 Å². The summed E-state index contributed by atoms with van der Waals surface area (Å²) in [5.41, 5.74) is 6.58. The molecule has 0 bridgehead atoms. The topological polar surface area (TPSA) is 82.9 Å². The van der Waals surface area contributed by atoms with Gasteiger partial charge in [0.05, 0.1) is 6.04 Å². The van der Waals surface area contributed by atoms with Crippen LogP contribution in [0.3, 0.4) is 0 Å². The zero-order valence-electron chi connectivity index (χ0n) is 22.7. The van der Waals surface area contributed by atoms with Crippen molar-refractivity contribution in [1.82, 2.24) is 30.1 Å². The highest BCUT2D eigenvalue weighted by Crippen LogP contribution is 2.34. The third kappa shape index (κ3) is 4.62. The summed E-state index contributed by atoms with van der Waals surface area (Å²) < 4.78 is 2.03. The van der Waals surface area contributed by atoms with Crippen LogP contribution in [0.4, 0.5) is 5.69 Å². The monoisotopic (exact) mass is 511 g/mol. The highest BCUT2D eigenvalue weighted by atomic mass is 16.1. The van der Waals surface area contributed by atoms with Gasteiger partial charge < -0.3 is 9.88 Å². The van der Waals surface area contributed by atoms with Crippen molar-refractivity contribution in [2.24, 2.45) is 0 Å². The van der Waals surface area contributed by atoms with Crippen LogP contribution in [-0.2, 0) is 0 Å². The molecule has 0 amide bonds. The number of hydrogen-bond donors (Lipinski definition) is 1. The van der Waals surface area contributed by atoms with Crippen LogP contribution in [0.1, 0.15) is 72.3 Å². The Morgan fingerprint density at radius 2 is 1.74 bits per heavy atom. The predicted molar refractivity (Wildman–Crippen MR) is 151 cm³/mol. The molecule has 2 aromatic heterocycles. The van der Waals surface area contributed by atoms with E-state index in [2.05, 4.69) is 80.6 Å². The lowest BCUT2D eigenvalue weighted by atomic mass is 9.95. The first-order valence-electron chi connectivity index (χ1n) is 14.0. The van der Waals surface area contributed by atoms with Crippen molar-refractivity contribution >= 4 is 16.6 Å². The number of piperazine rings is 1. The van der Waals surface area contributed by atoms with Crippen LogP contribution >= 0.6 is 0 Å². The van der Waals surface area contributed by atoms with Crippen LogP contribution in [0.15, 0.2) is 47.3 Å². The highest BCUT2D eigenvalue weighted by molar-refractivity contribution is 5.79. The average molecular weight is 512 g/mol. The highest BCUT2D eigenvalue weighted by Gasteiger charge is 2.34. The van der Waals surface area contributed by atoms with Crippen LogP contribution in [0.5, 0.6) is 0 Å². The third-order valence-electron chi connectivity index (χ3n) is 8.60. The molecule has 4 aromatic rings. The van der Waals surface area contributed by atoms with E-state index in [0.29, 0.717) is 5.56 Å². The van der Waals surface area contributed by atoms with Gasteiger partial charge in [0.15, 0.2) is 5.82 Å². The lowest BCUT2D eigenvalue weighted by molar-refractivity contribution is 0.192. The minimum absolute atomic E-state index is 0.0664. The number of aromatic nitrogens is 5. The van der Waals surface area contributed by atoms with Gasteiger partial charge in [-0.3, -0.25) is 9.69 Å². The van der Waals surface area contributed by atoms with Gasteiger partial charge in [0.1, 0.15) is 6.04 Å². The van der Waals surface area contributed by atoms with Gasteiger partial charge in [-0.1, -0.05) is 43.5 Å². The van der Waals surface area contributed by atoms with E-state index in [1.54, 1.807) is 0 Å². The van der Waals surface area contributed by atoms with E-state index >= 15 is 0 Å². The SMILES string of the molecule is Cc1ccc2cc([C@H](c3nnnn3C3CCCCC3)N3CCN(c4cccc(C)c4C)CC3)c(=O)[nH]c2c1. The molecule has 198 valence electrons. The number of hydrogen-bond acceptors (Lipinski definition) is 6. The van der Waals surface area contributed by atoms with E-state index in [-0.39, 0.29) is 17.6 Å². The molecule has 2 aromatic carbocycles. The molecule has 1 N–H and O–H groups in total. The van der Waals surface area contributed by atoms with Gasteiger partial charge in [-0.25, -0.2) is 4.68 Å². The molecule has 1 aliphatic carbocycles. The molecular weight excluding hydrogens is 474 g/mol. The first-order valence-corrected chi connectivity index (χ1v) is 14.0. The number of aromatic amines is 1. The van der Waals surface area contributed by atoms with Gasteiger partial charge in [0, 0.05) is 42.9 Å². The van der Waals surface area contributed by atoms with Gasteiger partial charge in [-0.2, -0.15) is 0 Å². The summed E-state index contributed by atoms with van der Waals surface area (Å²) in [4.78, 5) is 21.6. The molecule has 0 radical (unpaired) electrons. The van der Waals surface area contributed by atoms with Crippen molar-refractivity contribution < 1.29 is 0 Å². The molecule has 1 aliphatic heterocycles. The number of aryl methyl sites for hydroxylation is 2. The summed E-state index contributed by atoms with van der Waals surface area (Å²) in [5.74, 6) is 0.786. The summed E-state index contributed by atoms with van der Waals surface area (Å²) in [7, 11) is 0. The quantitative estimate of drug-likeness (QED) is 0.412. The number of H-pyrrole nitrogens is 1. The Morgan fingerprint density at radius 1 is 0.947 bits per heavy atom. The second-order valence-corrected chi connectivity index (χ2v) is 11.1. The van der Waals surface area contributed by atoms with E-state index in [9.17, 15) is 4.79 Å². The Bertz CT molecular complexity index is 1490. The summed E-state index contributed by atoms with van der Waals surface area (Å²) in [6.07, 6.45) is 5.82. The number of pyridine rings is 1. The lowest BCUT2D eigenvalue weighted by Gasteiger charge is -2.40. The second kappa shape index (κ2) is 10.3. The molecule has 8 heteroatoms. The molecule has 0 spiro atoms. The Balaban J connectivity index is 1.38. The van der Waals surface area contributed by atoms with E-state index in [1.807, 2.05) is 17.7 Å². The molecule has 38 heavy (non-hydrogen) atoms. The molecule has 6 rings (SSSR count). The molecule has 1 atom stereocenters. The number of tetrazole rings is 1. The average Bonchev–Trinajstić information content (AvgIpc) is 3.41. The maximum absolute atomic E-state index is 13.6. The van der Waals surface area contributed by atoms with Crippen LogP contribution in [-0.4, -0.2) is 56.3 Å². The van der Waals surface area contributed by atoms with Crippen molar-refractivity contribution in [3.63, 3.8) is 0 Å². The van der Waals surface area contributed by atoms with E-state index in [1.165, 1.54) is 36.1 Å². The summed E-state index contributed by atoms with van der Waals surface area (Å²) in [6, 6.07) is 14.8. The van der Waals surface area contributed by atoms with Crippen molar-refractivity contribution in [2.45, 2.75) is 65.0 Å². The van der Waals surface area contributed by atoms with Crippen molar-refractivity contribution in [1.29, 1.82) is 0 Å². The van der Waals surface area contributed by atoms with E-state index in [0.717, 1.165) is 61.3 Å². The standard InChI is InChI=1S/C30H37N7O/c1-20-12-13-23-19-25(30(38)31-26(23)18-20)28(29-32-33-34-37(29)24-9-5-4-6-10-24)36-16-14-35(15-17-36)27-11-7-8-21(2)22(27)3/h7-8,11-13,18-19,24,28H,4-6,9-10,14-17H2,1-3H3,(H,31,38)/t28-/m1/s1. The zero-order valence-corrected chi connectivity index (χ0v) is 22.7. The lowest BCUT2D eigenvalue weighted by Crippen LogP contribution is -2.49. The van der Waals surface area contributed by atoms with Gasteiger partial charge >= 0.3 is 0 Å². The molecule has 1 saturated carbocycles. The van der Waals surface area contributed by atoms with Crippen LogP contribution < -0.4 is 10.5 Å². The number of anilines is 1.